The van der Waals surface area contributed by atoms with Crippen LogP contribution in [0.2, 0.25) is 0 Å². The van der Waals surface area contributed by atoms with Crippen molar-refractivity contribution in [3.8, 4) is 11.5 Å². The predicted octanol–water partition coefficient (Wildman–Crippen LogP) is 3.42. The van der Waals surface area contributed by atoms with Gasteiger partial charge < -0.3 is 14.8 Å². The summed E-state index contributed by atoms with van der Waals surface area (Å²) in [6.45, 7) is 3.00. The number of benzene rings is 2. The van der Waals surface area contributed by atoms with Crippen molar-refractivity contribution in [2.24, 2.45) is 0 Å². The van der Waals surface area contributed by atoms with Crippen molar-refractivity contribution >= 4 is 33.5 Å². The first-order valence-corrected chi connectivity index (χ1v) is 10.2. The van der Waals surface area contributed by atoms with Gasteiger partial charge in [-0.25, -0.2) is 9.78 Å². The number of imide groups is 1. The number of nitrogens with zero attached hydrogens (tertiary/aromatic N) is 2. The molecule has 0 spiro atoms. The van der Waals surface area contributed by atoms with E-state index in [9.17, 15) is 9.59 Å². The van der Waals surface area contributed by atoms with Gasteiger partial charge in [0.05, 0.1) is 30.0 Å². The molecule has 0 saturated carbocycles. The third-order valence-electron chi connectivity index (χ3n) is 5.23. The maximum atomic E-state index is 13.2. The number of nitrogens with one attached hydrogen (secondary N) is 1. The molecule has 2 aliphatic heterocycles. The second-order valence-corrected chi connectivity index (χ2v) is 8.35. The molecule has 2 aromatic carbocycles. The van der Waals surface area contributed by atoms with E-state index in [2.05, 4.69) is 10.3 Å². The summed E-state index contributed by atoms with van der Waals surface area (Å²) in [5, 5.41) is 3.56. The first-order valence-electron chi connectivity index (χ1n) is 9.43. The van der Waals surface area contributed by atoms with Gasteiger partial charge in [-0.05, 0) is 36.8 Å². The second-order valence-electron chi connectivity index (χ2n) is 7.23. The number of hydrogen-bond donors (Lipinski definition) is 1. The zero-order valence-electron chi connectivity index (χ0n) is 15.8. The van der Waals surface area contributed by atoms with Crippen LogP contribution in [0.3, 0.4) is 0 Å². The first-order chi connectivity index (χ1) is 14.0. The predicted molar refractivity (Wildman–Crippen MR) is 108 cm³/mol. The zero-order chi connectivity index (χ0) is 20.0. The van der Waals surface area contributed by atoms with E-state index in [4.69, 9.17) is 9.47 Å². The molecule has 0 aliphatic carbocycles. The van der Waals surface area contributed by atoms with E-state index in [1.54, 1.807) is 25.1 Å². The SMILES string of the molecule is C[C@@]1(c2ccc3c(c2)OCCCO3)NC(=O)N(Cc2nc3ccccc3s2)C1=O. The minimum atomic E-state index is -1.17. The number of carbonyl (C=O) groups excluding carboxylic acids is 2. The number of fused-ring (bicyclic) bond motifs is 2. The van der Waals surface area contributed by atoms with E-state index in [-0.39, 0.29) is 12.5 Å². The molecule has 0 unspecified atom stereocenters. The van der Waals surface area contributed by atoms with Crippen LogP contribution < -0.4 is 14.8 Å². The molecule has 7 nitrogen and oxygen atoms in total. The summed E-state index contributed by atoms with van der Waals surface area (Å²) in [5.41, 5.74) is 0.357. The Balaban J connectivity index is 1.44. The fourth-order valence-electron chi connectivity index (χ4n) is 3.63. The number of rotatable bonds is 3. The van der Waals surface area contributed by atoms with Gasteiger partial charge in [-0.2, -0.15) is 0 Å². The van der Waals surface area contributed by atoms with Gasteiger partial charge in [-0.1, -0.05) is 18.2 Å². The molecule has 1 saturated heterocycles. The highest BCUT2D eigenvalue weighted by molar-refractivity contribution is 7.18. The Morgan fingerprint density at radius 3 is 2.76 bits per heavy atom. The summed E-state index contributed by atoms with van der Waals surface area (Å²) in [5.74, 6) is 0.932. The van der Waals surface area contributed by atoms with E-state index in [0.29, 0.717) is 30.3 Å². The summed E-state index contributed by atoms with van der Waals surface area (Å²) < 4.78 is 12.4. The minimum absolute atomic E-state index is 0.143. The van der Waals surface area contributed by atoms with Gasteiger partial charge in [0.2, 0.25) is 0 Å². The average Bonchev–Trinajstić information content (AvgIpc) is 3.10. The van der Waals surface area contributed by atoms with Crippen LogP contribution in [0, 0.1) is 0 Å². The quantitative estimate of drug-likeness (QED) is 0.671. The Labute approximate surface area is 171 Å². The Kier molecular flexibility index (Phi) is 4.16. The zero-order valence-corrected chi connectivity index (χ0v) is 16.6. The van der Waals surface area contributed by atoms with Gasteiger partial charge in [0.25, 0.3) is 5.91 Å². The van der Waals surface area contributed by atoms with Crippen LogP contribution in [0.25, 0.3) is 10.2 Å². The third-order valence-corrected chi connectivity index (χ3v) is 6.25. The maximum absolute atomic E-state index is 13.2. The number of ether oxygens (including phenoxy) is 2. The molecule has 0 radical (unpaired) electrons. The number of carbonyl (C=O) groups is 2. The van der Waals surface area contributed by atoms with Gasteiger partial charge in [-0.3, -0.25) is 9.69 Å². The molecule has 5 rings (SSSR count). The molecule has 3 aromatic rings. The number of amides is 3. The summed E-state index contributed by atoms with van der Waals surface area (Å²) >= 11 is 1.48. The average molecular weight is 409 g/mol. The van der Waals surface area contributed by atoms with Gasteiger partial charge in [0, 0.05) is 6.42 Å². The van der Waals surface area contributed by atoms with Crippen molar-refractivity contribution in [2.45, 2.75) is 25.4 Å². The van der Waals surface area contributed by atoms with E-state index in [1.165, 1.54) is 16.2 Å². The molecule has 1 N–H and O–H groups in total. The van der Waals surface area contributed by atoms with Crippen molar-refractivity contribution in [3.63, 3.8) is 0 Å². The smallest absolute Gasteiger partial charge is 0.325 e. The molecular weight excluding hydrogens is 390 g/mol. The number of para-hydroxylation sites is 1. The highest BCUT2D eigenvalue weighted by Crippen LogP contribution is 2.37. The third kappa shape index (κ3) is 3.00. The van der Waals surface area contributed by atoms with Crippen LogP contribution in [0.1, 0.15) is 23.9 Å². The highest BCUT2D eigenvalue weighted by Gasteiger charge is 2.49. The molecule has 1 atom stereocenters. The van der Waals surface area contributed by atoms with E-state index in [1.807, 2.05) is 24.3 Å². The lowest BCUT2D eigenvalue weighted by Gasteiger charge is -2.23. The highest BCUT2D eigenvalue weighted by atomic mass is 32.1. The van der Waals surface area contributed by atoms with Crippen LogP contribution in [0.4, 0.5) is 4.79 Å². The molecule has 8 heteroatoms. The number of aromatic nitrogens is 1. The summed E-state index contributed by atoms with van der Waals surface area (Å²) in [7, 11) is 0. The summed E-state index contributed by atoms with van der Waals surface area (Å²) in [6.07, 6.45) is 0.799. The Hall–Kier alpha value is -3.13. The van der Waals surface area contributed by atoms with Crippen molar-refractivity contribution in [3.05, 3.63) is 53.0 Å². The minimum Gasteiger partial charge on any atom is -0.490 e. The molecule has 3 amide bonds. The lowest BCUT2D eigenvalue weighted by atomic mass is 9.91. The largest absolute Gasteiger partial charge is 0.490 e. The molecule has 3 heterocycles. The molecule has 29 heavy (non-hydrogen) atoms. The van der Waals surface area contributed by atoms with Crippen molar-refractivity contribution in [1.29, 1.82) is 0 Å². The van der Waals surface area contributed by atoms with E-state index >= 15 is 0 Å². The first kappa shape index (κ1) is 17.9. The van der Waals surface area contributed by atoms with Gasteiger partial charge in [-0.15, -0.1) is 11.3 Å². The van der Waals surface area contributed by atoms with Gasteiger partial charge >= 0.3 is 6.03 Å². The topological polar surface area (TPSA) is 80.8 Å². The molecule has 1 aromatic heterocycles. The van der Waals surface area contributed by atoms with Crippen molar-refractivity contribution < 1.29 is 19.1 Å². The van der Waals surface area contributed by atoms with Crippen LogP contribution in [0.5, 0.6) is 11.5 Å². The number of urea groups is 1. The molecule has 2 aliphatic rings. The normalized spacial score (nSPS) is 21.3. The van der Waals surface area contributed by atoms with Crippen molar-refractivity contribution in [1.82, 2.24) is 15.2 Å². The van der Waals surface area contributed by atoms with Crippen LogP contribution >= 0.6 is 11.3 Å². The Morgan fingerprint density at radius 1 is 1.14 bits per heavy atom. The van der Waals surface area contributed by atoms with Crippen molar-refractivity contribution in [2.75, 3.05) is 13.2 Å². The standard InChI is InChI=1S/C21H19N3O4S/c1-21(13-7-8-15-16(11-13)28-10-4-9-27-15)19(25)24(20(26)23-21)12-18-22-14-5-2-3-6-17(14)29-18/h2-3,5-8,11H,4,9-10,12H2,1H3,(H,23,26)/t21-/m0/s1. The van der Waals surface area contributed by atoms with Crippen LogP contribution in [0.15, 0.2) is 42.5 Å². The Morgan fingerprint density at radius 2 is 1.93 bits per heavy atom. The Bertz CT molecular complexity index is 1100. The van der Waals surface area contributed by atoms with Crippen LogP contribution in [-0.4, -0.2) is 35.0 Å². The maximum Gasteiger partial charge on any atom is 0.325 e. The monoisotopic (exact) mass is 409 g/mol. The lowest BCUT2D eigenvalue weighted by molar-refractivity contribution is -0.131. The second kappa shape index (κ2) is 6.73. The fourth-order valence-corrected chi connectivity index (χ4v) is 4.59. The number of hydrogen-bond acceptors (Lipinski definition) is 6. The molecule has 0 bridgehead atoms. The summed E-state index contributed by atoms with van der Waals surface area (Å²) in [6, 6.07) is 12.7. The molecule has 1 fully saturated rings. The lowest BCUT2D eigenvalue weighted by Crippen LogP contribution is -2.40. The fraction of sp³-hybridized carbons (Fsp3) is 0.286. The van der Waals surface area contributed by atoms with Gasteiger partial charge in [0.15, 0.2) is 11.5 Å². The van der Waals surface area contributed by atoms with Crippen LogP contribution in [-0.2, 0) is 16.9 Å². The number of thiazole rings is 1. The molecular formula is C21H19N3O4S. The van der Waals surface area contributed by atoms with E-state index < -0.39 is 11.6 Å². The van der Waals surface area contributed by atoms with E-state index in [0.717, 1.165) is 21.6 Å². The summed E-state index contributed by atoms with van der Waals surface area (Å²) in [4.78, 5) is 31.7. The molecule has 148 valence electrons. The van der Waals surface area contributed by atoms with Gasteiger partial charge in [0.1, 0.15) is 10.5 Å².